The molecule has 0 spiro atoms. The molecule has 4 aromatic carbocycles. The Morgan fingerprint density at radius 2 is 0.703 bits per heavy atom. The van der Waals surface area contributed by atoms with E-state index in [0.29, 0.717) is 0 Å². The van der Waals surface area contributed by atoms with E-state index < -0.39 is 61.8 Å². The van der Waals surface area contributed by atoms with Gasteiger partial charge >= 0.3 is 12.4 Å². The predicted molar refractivity (Wildman–Crippen MR) is 274 cm³/mol. The van der Waals surface area contributed by atoms with Crippen LogP contribution in [0.25, 0.3) is 0 Å². The molecule has 11 heteroatoms. The Bertz CT molecular complexity index is 1770. The third-order valence-electron chi connectivity index (χ3n) is 13.2. The number of hydrogen-bond acceptors (Lipinski definition) is 1. The summed E-state index contributed by atoms with van der Waals surface area (Å²) in [4.78, 5) is 0. The molecule has 0 aliphatic heterocycles. The van der Waals surface area contributed by atoms with E-state index in [1.165, 1.54) is 109 Å². The minimum atomic E-state index is -4.77. The Morgan fingerprint density at radius 1 is 0.422 bits per heavy atom. The van der Waals surface area contributed by atoms with Crippen LogP contribution in [-0.4, -0.2) is 26.6 Å². The Balaban J connectivity index is 2.11. The first-order valence-corrected chi connectivity index (χ1v) is 32.3. The van der Waals surface area contributed by atoms with E-state index >= 15 is 26.3 Å². The summed E-state index contributed by atoms with van der Waals surface area (Å²) in [6, 6.07) is 35.7. The summed E-state index contributed by atoms with van der Waals surface area (Å²) in [5.41, 5.74) is -1.78. The van der Waals surface area contributed by atoms with Crippen molar-refractivity contribution in [2.24, 2.45) is 0 Å². The van der Waals surface area contributed by atoms with Crippen LogP contribution >= 0.6 is 16.1 Å². The van der Waals surface area contributed by atoms with Crippen molar-refractivity contribution < 1.29 is 26.3 Å². The number of hydrogen-bond donors (Lipinski definition) is 0. The molecule has 1 nitrogen and oxygen atoms in total. The first kappa shape index (κ1) is 54.3. The topological polar surface area (TPSA) is 3.24 Å². The maximum Gasteiger partial charge on any atom is 0.417 e. The van der Waals surface area contributed by atoms with Gasteiger partial charge in [-0.15, -0.1) is 0 Å². The maximum atomic E-state index is 15.2. The van der Waals surface area contributed by atoms with E-state index in [9.17, 15) is 0 Å². The Hall–Kier alpha value is -2.29. The van der Waals surface area contributed by atoms with E-state index in [0.717, 1.165) is 61.3 Å². The number of unbranched alkanes of at least 4 members (excludes halogenated alkanes) is 6. The fourth-order valence-electron chi connectivity index (χ4n) is 9.70. The lowest BCUT2D eigenvalue weighted by atomic mass is 10.2. The van der Waals surface area contributed by atoms with Crippen molar-refractivity contribution in [2.75, 3.05) is 0 Å². The Labute approximate surface area is 388 Å². The van der Waals surface area contributed by atoms with Crippen LogP contribution in [0.3, 0.4) is 0 Å². The highest BCUT2D eigenvalue weighted by Gasteiger charge is 2.44. The lowest BCUT2D eigenvalue weighted by molar-refractivity contribution is -0.137. The number of nitrogens with zero attached hydrogens (tertiary/aromatic N) is 1. The maximum absolute atomic E-state index is 15.2. The molecule has 0 aliphatic rings. The molecule has 0 amide bonds. The molecular weight excluding hydrogens is 883 g/mol. The Morgan fingerprint density at radius 3 is 0.953 bits per heavy atom. The number of benzene rings is 4. The molecule has 354 valence electrons. The van der Waals surface area contributed by atoms with E-state index in [1.54, 1.807) is 12.1 Å². The monoisotopic (exact) mass is 959 g/mol. The smallest absolute Gasteiger partial charge is 0.242 e. The highest BCUT2D eigenvalue weighted by Crippen LogP contribution is 2.58. The largest absolute Gasteiger partial charge is 0.417 e. The van der Waals surface area contributed by atoms with Crippen LogP contribution in [0.1, 0.15) is 144 Å². The van der Waals surface area contributed by atoms with Crippen LogP contribution < -0.4 is 31.6 Å². The van der Waals surface area contributed by atoms with Gasteiger partial charge < -0.3 is 0 Å². The van der Waals surface area contributed by atoms with Crippen molar-refractivity contribution in [2.45, 2.75) is 187 Å². The summed E-state index contributed by atoms with van der Waals surface area (Å²) in [5, 5.41) is 4.56. The van der Waals surface area contributed by atoms with E-state index in [2.05, 4.69) is 94.5 Å². The first-order valence-electron chi connectivity index (χ1n) is 24.5. The molecule has 0 heterocycles. The summed E-state index contributed by atoms with van der Waals surface area (Å²) in [5.74, 6) is 0. The zero-order valence-corrected chi connectivity index (χ0v) is 43.9. The Kier molecular flexibility index (Phi) is 21.8. The van der Waals surface area contributed by atoms with E-state index in [4.69, 9.17) is 0 Å². The molecule has 0 fully saturated rings. The predicted octanol–water partition coefficient (Wildman–Crippen LogP) is 15.9. The summed E-state index contributed by atoms with van der Waals surface area (Å²) in [7, 11) is -7.85. The standard InChI is InChI=1S/C53H77F6NP2Si2/c1-9-15-37-63(38-16-10-2,39-17-11-3)46-33-29-44(30-34-46)61(45-31-35-47(36-32-45)64(40-18-12-4,41-19-13-5)42-20-14-6)60(43(7)8)62(50-27-23-21-25-48(50)52(54,55)56)51-28-24-22-26-49(51)53(57,58)59/h21-36,43H,9-20,37-42H2,1-8H3. The normalized spacial score (nSPS) is 13.0. The van der Waals surface area contributed by atoms with Gasteiger partial charge in [0, 0.05) is 32.8 Å². The number of halogens is 6. The molecule has 0 aromatic heterocycles. The second-order valence-electron chi connectivity index (χ2n) is 18.3. The van der Waals surface area contributed by atoms with Gasteiger partial charge in [0.25, 0.3) is 0 Å². The van der Waals surface area contributed by atoms with Crippen molar-refractivity contribution in [3.8, 4) is 0 Å². The van der Waals surface area contributed by atoms with Gasteiger partial charge in [-0.05, 0) is 36.6 Å². The van der Waals surface area contributed by atoms with Gasteiger partial charge in [-0.1, -0.05) is 250 Å². The van der Waals surface area contributed by atoms with Crippen molar-refractivity contribution in [3.63, 3.8) is 0 Å². The van der Waals surface area contributed by atoms with Gasteiger partial charge in [0.15, 0.2) is 0 Å². The van der Waals surface area contributed by atoms with Gasteiger partial charge in [0.1, 0.15) is 0 Å². The van der Waals surface area contributed by atoms with Crippen LogP contribution in [0.15, 0.2) is 97.1 Å². The minimum Gasteiger partial charge on any atom is -0.242 e. The summed E-state index contributed by atoms with van der Waals surface area (Å²) in [6.45, 7) is 17.4. The van der Waals surface area contributed by atoms with E-state index in [-0.39, 0.29) is 10.6 Å². The van der Waals surface area contributed by atoms with Crippen LogP contribution in [0.5, 0.6) is 0 Å². The van der Waals surface area contributed by atoms with Crippen molar-refractivity contribution in [1.82, 2.24) is 4.44 Å². The minimum absolute atomic E-state index is 0.105. The highest BCUT2D eigenvalue weighted by atomic mass is 31.2. The van der Waals surface area contributed by atoms with Gasteiger partial charge in [-0.25, -0.2) is 4.44 Å². The quantitative estimate of drug-likeness (QED) is 0.0327. The van der Waals surface area contributed by atoms with Gasteiger partial charge in [0.05, 0.1) is 27.3 Å². The third kappa shape index (κ3) is 13.9. The molecule has 0 unspecified atom stereocenters. The average Bonchev–Trinajstić information content (AvgIpc) is 3.28. The number of rotatable bonds is 27. The van der Waals surface area contributed by atoms with Crippen LogP contribution in [-0.2, 0) is 12.4 Å². The van der Waals surface area contributed by atoms with Gasteiger partial charge in [-0.3, -0.25) is 0 Å². The van der Waals surface area contributed by atoms with Crippen LogP contribution in [0.2, 0.25) is 36.3 Å². The summed E-state index contributed by atoms with van der Waals surface area (Å²) in [6.07, 6.45) is 4.37. The van der Waals surface area contributed by atoms with Crippen molar-refractivity contribution >= 4 is 63.9 Å². The first-order chi connectivity index (χ1) is 30.6. The molecule has 4 rings (SSSR count). The van der Waals surface area contributed by atoms with Crippen molar-refractivity contribution in [3.05, 3.63) is 108 Å². The fraction of sp³-hybridized carbons (Fsp3) is 0.547. The lowest BCUT2D eigenvalue weighted by Crippen LogP contribution is -2.48. The van der Waals surface area contributed by atoms with E-state index in [1.807, 2.05) is 13.8 Å². The lowest BCUT2D eigenvalue weighted by Gasteiger charge is -2.43. The molecule has 0 aliphatic carbocycles. The fourth-order valence-corrected chi connectivity index (χ4v) is 27.4. The molecule has 0 N–H and O–H groups in total. The molecular formula is C53H77F6NP2Si2. The second kappa shape index (κ2) is 25.7. The van der Waals surface area contributed by atoms with Crippen LogP contribution in [0.4, 0.5) is 26.3 Å². The molecule has 0 bridgehead atoms. The molecule has 64 heavy (non-hydrogen) atoms. The highest BCUT2D eigenvalue weighted by molar-refractivity contribution is 7.84. The SMILES string of the molecule is CCCC[Si](CCCC)(CCCC)c1ccc(P(c2ccc([Si](CCCC)(CCCC)CCCC)cc2)N(C(C)C)P(c2ccccc2C(F)(F)F)c2ccccc2C(F)(F)F)cc1. The third-order valence-corrected chi connectivity index (χ3v) is 30.3. The molecule has 0 saturated heterocycles. The summed E-state index contributed by atoms with van der Waals surface area (Å²) >= 11 is 0. The molecule has 0 saturated carbocycles. The zero-order valence-electron chi connectivity index (χ0n) is 40.2. The van der Waals surface area contributed by atoms with Crippen molar-refractivity contribution in [1.29, 1.82) is 0 Å². The average molecular weight is 960 g/mol. The molecule has 4 aromatic rings. The second-order valence-corrected chi connectivity index (χ2v) is 32.0. The zero-order chi connectivity index (χ0) is 47.0. The van der Waals surface area contributed by atoms with Gasteiger partial charge in [-0.2, -0.15) is 26.3 Å². The van der Waals surface area contributed by atoms with Crippen LogP contribution in [0, 0.1) is 0 Å². The number of alkyl halides is 6. The van der Waals surface area contributed by atoms with Gasteiger partial charge in [0.2, 0.25) is 0 Å². The summed E-state index contributed by atoms with van der Waals surface area (Å²) < 4.78 is 93.2. The molecule has 0 atom stereocenters. The molecule has 0 radical (unpaired) electrons.